The van der Waals surface area contributed by atoms with Crippen molar-refractivity contribution in [1.29, 1.82) is 0 Å². The summed E-state index contributed by atoms with van der Waals surface area (Å²) >= 11 is 0. The van der Waals surface area contributed by atoms with Crippen LogP contribution < -0.4 is 5.32 Å². The molecule has 0 radical (unpaired) electrons. The summed E-state index contributed by atoms with van der Waals surface area (Å²) in [6, 6.07) is 0. The lowest BCUT2D eigenvalue weighted by molar-refractivity contribution is -0.150. The summed E-state index contributed by atoms with van der Waals surface area (Å²) < 4.78 is 5.41. The molecule has 0 aromatic rings. The number of carbonyl (C=O) groups is 1. The van der Waals surface area contributed by atoms with Crippen molar-refractivity contribution in [3.63, 3.8) is 0 Å². The minimum absolute atomic E-state index is 0.0523. The molecule has 1 N–H and O–H groups in total. The van der Waals surface area contributed by atoms with Crippen LogP contribution in [0.3, 0.4) is 0 Å². The molecule has 0 spiro atoms. The highest BCUT2D eigenvalue weighted by atomic mass is 16.5. The number of esters is 1. The highest BCUT2D eigenvalue weighted by Crippen LogP contribution is 2.12. The van der Waals surface area contributed by atoms with Crippen LogP contribution in [0.2, 0.25) is 0 Å². The lowest BCUT2D eigenvalue weighted by Gasteiger charge is -2.27. The first-order valence-electron chi connectivity index (χ1n) is 7.24. The molecule has 0 atom stereocenters. The average Bonchev–Trinajstić information content (AvgIpc) is 2.27. The third-order valence-corrected chi connectivity index (χ3v) is 3.22. The van der Waals surface area contributed by atoms with Crippen molar-refractivity contribution in [2.75, 3.05) is 13.2 Å². The molecule has 0 aliphatic heterocycles. The van der Waals surface area contributed by atoms with E-state index in [1.165, 1.54) is 0 Å². The Hall–Kier alpha value is -0.570. The van der Waals surface area contributed by atoms with E-state index in [9.17, 15) is 4.79 Å². The number of ether oxygens (including phenoxy) is 1. The van der Waals surface area contributed by atoms with E-state index in [1.807, 2.05) is 13.8 Å². The monoisotopic (exact) mass is 257 g/mol. The van der Waals surface area contributed by atoms with Crippen molar-refractivity contribution >= 4 is 5.97 Å². The second-order valence-corrected chi connectivity index (χ2v) is 6.11. The largest absolute Gasteiger partial charge is 0.464 e. The molecule has 0 aromatic carbocycles. The van der Waals surface area contributed by atoms with Gasteiger partial charge in [-0.15, -0.1) is 0 Å². The van der Waals surface area contributed by atoms with Crippen LogP contribution in [0.25, 0.3) is 0 Å². The number of carbonyl (C=O) groups excluding carboxylic acids is 1. The van der Waals surface area contributed by atoms with Crippen LogP contribution in [-0.4, -0.2) is 24.7 Å². The molecule has 0 heterocycles. The summed E-state index contributed by atoms with van der Waals surface area (Å²) in [4.78, 5) is 11.8. The van der Waals surface area contributed by atoms with E-state index in [4.69, 9.17) is 4.74 Å². The maximum Gasteiger partial charge on any atom is 0.308 e. The molecule has 3 nitrogen and oxygen atoms in total. The average molecular weight is 257 g/mol. The zero-order chi connectivity index (χ0) is 14.2. The van der Waals surface area contributed by atoms with Gasteiger partial charge in [0, 0.05) is 5.54 Å². The lowest BCUT2D eigenvalue weighted by atomic mass is 10.0. The van der Waals surface area contributed by atoms with Gasteiger partial charge >= 0.3 is 5.97 Å². The van der Waals surface area contributed by atoms with Crippen molar-refractivity contribution in [3.05, 3.63) is 0 Å². The fraction of sp³-hybridized carbons (Fsp3) is 0.933. The third-order valence-electron chi connectivity index (χ3n) is 3.22. The second kappa shape index (κ2) is 8.52. The van der Waals surface area contributed by atoms with Crippen molar-refractivity contribution < 1.29 is 9.53 Å². The first-order valence-corrected chi connectivity index (χ1v) is 7.24. The van der Waals surface area contributed by atoms with Gasteiger partial charge in [-0.3, -0.25) is 4.79 Å². The van der Waals surface area contributed by atoms with Gasteiger partial charge < -0.3 is 10.1 Å². The van der Waals surface area contributed by atoms with Gasteiger partial charge in [0.05, 0.1) is 5.92 Å². The molecule has 0 aromatic heterocycles. The van der Waals surface area contributed by atoms with Crippen molar-refractivity contribution in [2.24, 2.45) is 11.8 Å². The van der Waals surface area contributed by atoms with Gasteiger partial charge in [0.1, 0.15) is 6.61 Å². The van der Waals surface area contributed by atoms with Crippen molar-refractivity contribution in [3.8, 4) is 0 Å². The smallest absolute Gasteiger partial charge is 0.308 e. The zero-order valence-electron chi connectivity index (χ0n) is 13.0. The quantitative estimate of drug-likeness (QED) is 0.644. The number of rotatable bonds is 9. The Labute approximate surface area is 113 Å². The SMILES string of the molecule is CCC(CC)C(=O)OCC(C)(C)NCCC(C)C. The van der Waals surface area contributed by atoms with Gasteiger partial charge in [-0.2, -0.15) is 0 Å². The fourth-order valence-electron chi connectivity index (χ4n) is 1.74. The number of hydrogen-bond donors (Lipinski definition) is 1. The van der Waals surface area contributed by atoms with E-state index in [0.29, 0.717) is 12.5 Å². The number of nitrogens with one attached hydrogen (secondary N) is 1. The van der Waals surface area contributed by atoms with Gasteiger partial charge in [0.25, 0.3) is 0 Å². The molecule has 0 fully saturated rings. The van der Waals surface area contributed by atoms with Gasteiger partial charge in [-0.1, -0.05) is 27.7 Å². The molecule has 0 saturated carbocycles. The van der Waals surface area contributed by atoms with E-state index >= 15 is 0 Å². The third kappa shape index (κ3) is 7.70. The van der Waals surface area contributed by atoms with Crippen LogP contribution >= 0.6 is 0 Å². The summed E-state index contributed by atoms with van der Waals surface area (Å²) in [6.07, 6.45) is 2.86. The van der Waals surface area contributed by atoms with E-state index in [2.05, 4.69) is 33.0 Å². The molecule has 0 bridgehead atoms. The van der Waals surface area contributed by atoms with Gasteiger partial charge in [-0.25, -0.2) is 0 Å². The highest BCUT2D eigenvalue weighted by Gasteiger charge is 2.22. The molecule has 0 aliphatic carbocycles. The Balaban J connectivity index is 3.98. The summed E-state index contributed by atoms with van der Waals surface area (Å²) in [5, 5.41) is 3.44. The normalized spacial score (nSPS) is 12.2. The minimum atomic E-state index is -0.142. The molecular weight excluding hydrogens is 226 g/mol. The zero-order valence-corrected chi connectivity index (χ0v) is 13.0. The Bertz CT molecular complexity index is 233. The van der Waals surface area contributed by atoms with Crippen LogP contribution in [0.4, 0.5) is 0 Å². The molecule has 108 valence electrons. The Morgan fingerprint density at radius 2 is 1.78 bits per heavy atom. The van der Waals surface area contributed by atoms with Crippen molar-refractivity contribution in [2.45, 2.75) is 66.3 Å². The van der Waals surface area contributed by atoms with Gasteiger partial charge in [-0.05, 0) is 45.6 Å². The predicted molar refractivity (Wildman–Crippen MR) is 76.6 cm³/mol. The number of hydrogen-bond acceptors (Lipinski definition) is 3. The Kier molecular flexibility index (Phi) is 8.25. The molecular formula is C15H31NO2. The fourth-order valence-corrected chi connectivity index (χ4v) is 1.74. The lowest BCUT2D eigenvalue weighted by Crippen LogP contribution is -2.45. The van der Waals surface area contributed by atoms with Crippen LogP contribution in [-0.2, 0) is 9.53 Å². The van der Waals surface area contributed by atoms with Gasteiger partial charge in [0.2, 0.25) is 0 Å². The highest BCUT2D eigenvalue weighted by molar-refractivity contribution is 5.72. The van der Waals surface area contributed by atoms with Crippen LogP contribution in [0, 0.1) is 11.8 Å². The van der Waals surface area contributed by atoms with Crippen LogP contribution in [0.1, 0.15) is 60.8 Å². The van der Waals surface area contributed by atoms with Crippen LogP contribution in [0.5, 0.6) is 0 Å². The molecule has 18 heavy (non-hydrogen) atoms. The molecule has 0 rings (SSSR count). The molecule has 0 aliphatic rings. The Morgan fingerprint density at radius 3 is 2.22 bits per heavy atom. The summed E-state index contributed by atoms with van der Waals surface area (Å²) in [7, 11) is 0. The standard InChI is InChI=1S/C15H31NO2/c1-7-13(8-2)14(17)18-11-15(5,6)16-10-9-12(3)4/h12-13,16H,7-11H2,1-6H3. The first kappa shape index (κ1) is 17.4. The predicted octanol–water partition coefficient (Wildman–Crippen LogP) is 3.38. The van der Waals surface area contributed by atoms with Crippen molar-refractivity contribution in [1.82, 2.24) is 5.32 Å². The first-order chi connectivity index (χ1) is 8.32. The summed E-state index contributed by atoms with van der Waals surface area (Å²) in [6.45, 7) is 14.0. The second-order valence-electron chi connectivity index (χ2n) is 6.11. The minimum Gasteiger partial charge on any atom is -0.464 e. The Morgan fingerprint density at radius 1 is 1.22 bits per heavy atom. The summed E-state index contributed by atoms with van der Waals surface area (Å²) in [5.74, 6) is 0.690. The van der Waals surface area contributed by atoms with Gasteiger partial charge in [0.15, 0.2) is 0 Å². The van der Waals surface area contributed by atoms with E-state index in [-0.39, 0.29) is 17.4 Å². The van der Waals surface area contributed by atoms with Crippen LogP contribution in [0.15, 0.2) is 0 Å². The molecule has 0 amide bonds. The molecule has 3 heteroatoms. The maximum atomic E-state index is 11.8. The molecule has 0 unspecified atom stereocenters. The topological polar surface area (TPSA) is 38.3 Å². The maximum absolute atomic E-state index is 11.8. The van der Waals surface area contributed by atoms with E-state index in [1.54, 1.807) is 0 Å². The van der Waals surface area contributed by atoms with E-state index in [0.717, 1.165) is 25.8 Å². The van der Waals surface area contributed by atoms with E-state index < -0.39 is 0 Å². The molecule has 0 saturated heterocycles. The summed E-state index contributed by atoms with van der Waals surface area (Å²) in [5.41, 5.74) is -0.142.